The summed E-state index contributed by atoms with van der Waals surface area (Å²) in [5, 5.41) is 2.97. The molecule has 2 aromatic rings. The highest BCUT2D eigenvalue weighted by atomic mass is 32.2. The third-order valence-corrected chi connectivity index (χ3v) is 9.06. The van der Waals surface area contributed by atoms with Crippen LogP contribution in [0.2, 0.25) is 0 Å². The van der Waals surface area contributed by atoms with Crippen LogP contribution in [0.25, 0.3) is 0 Å². The number of nitrogens with zero attached hydrogens (tertiary/aromatic N) is 1. The van der Waals surface area contributed by atoms with Crippen molar-refractivity contribution in [2.75, 3.05) is 35.1 Å². The quantitative estimate of drug-likeness (QED) is 0.560. The van der Waals surface area contributed by atoms with Gasteiger partial charge >= 0.3 is 0 Å². The van der Waals surface area contributed by atoms with E-state index in [0.29, 0.717) is 41.1 Å². The van der Waals surface area contributed by atoms with E-state index in [-0.39, 0.29) is 10.8 Å². The lowest BCUT2D eigenvalue weighted by Crippen LogP contribution is -2.24. The van der Waals surface area contributed by atoms with E-state index in [9.17, 15) is 13.2 Å². The van der Waals surface area contributed by atoms with E-state index in [2.05, 4.69) is 14.9 Å². The fourth-order valence-corrected chi connectivity index (χ4v) is 7.28. The Hall–Kier alpha value is -2.74. The van der Waals surface area contributed by atoms with Gasteiger partial charge in [-0.25, -0.2) is 8.42 Å². The summed E-state index contributed by atoms with van der Waals surface area (Å²) in [4.78, 5) is 15.1. The Bertz CT molecular complexity index is 1140. The van der Waals surface area contributed by atoms with Gasteiger partial charge in [0.05, 0.1) is 12.8 Å². The minimum absolute atomic E-state index is 0.0297. The molecule has 5 rings (SSSR count). The van der Waals surface area contributed by atoms with E-state index in [1.807, 2.05) is 12.1 Å². The Morgan fingerprint density at radius 2 is 1.76 bits per heavy atom. The van der Waals surface area contributed by atoms with E-state index in [1.165, 1.54) is 19.3 Å². The zero-order valence-corrected chi connectivity index (χ0v) is 20.4. The molecule has 2 N–H and O–H groups in total. The second-order valence-electron chi connectivity index (χ2n) is 9.90. The number of benzene rings is 2. The second kappa shape index (κ2) is 9.49. The average Bonchev–Trinajstić information content (AvgIpc) is 3.58. The number of nitrogens with one attached hydrogen (secondary N) is 2. The molecule has 34 heavy (non-hydrogen) atoms. The van der Waals surface area contributed by atoms with Crippen molar-refractivity contribution in [3.63, 3.8) is 0 Å². The number of rotatable bonds is 8. The standard InChI is InChI=1S/C26H33N3O4S/c1-33-23-9-6-21(7-10-23)28-34(31,32)25-17-22(8-11-24(25)29-12-2-3-13-29)27-26(30)16-20-15-18-4-5-19(20)14-18/h6-11,17-20,28H,2-5,12-16H2,1H3,(H,27,30)/t18-,19+,20+/m0/s1. The molecule has 182 valence electrons. The van der Waals surface area contributed by atoms with Crippen molar-refractivity contribution in [2.45, 2.75) is 49.8 Å². The normalized spacial score (nSPS) is 23.8. The average molecular weight is 484 g/mol. The van der Waals surface area contributed by atoms with E-state index in [0.717, 1.165) is 38.3 Å². The topological polar surface area (TPSA) is 87.7 Å². The number of carbonyl (C=O) groups excluding carboxylic acids is 1. The van der Waals surface area contributed by atoms with Crippen LogP contribution in [0.5, 0.6) is 5.75 Å². The minimum atomic E-state index is -3.87. The first-order valence-corrected chi connectivity index (χ1v) is 13.8. The molecular weight excluding hydrogens is 450 g/mol. The number of sulfonamides is 1. The predicted octanol–water partition coefficient (Wildman–Crippen LogP) is 4.86. The van der Waals surface area contributed by atoms with E-state index in [1.54, 1.807) is 37.4 Å². The van der Waals surface area contributed by atoms with Gasteiger partial charge < -0.3 is 15.0 Å². The molecule has 1 amide bonds. The van der Waals surface area contributed by atoms with Crippen LogP contribution < -0.4 is 19.7 Å². The number of carbonyl (C=O) groups is 1. The predicted molar refractivity (Wildman–Crippen MR) is 134 cm³/mol. The van der Waals surface area contributed by atoms with Crippen LogP contribution in [-0.4, -0.2) is 34.5 Å². The molecule has 0 aromatic heterocycles. The van der Waals surface area contributed by atoms with E-state index < -0.39 is 10.0 Å². The lowest BCUT2D eigenvalue weighted by atomic mass is 9.86. The SMILES string of the molecule is COc1ccc(NS(=O)(=O)c2cc(NC(=O)C[C@H]3C[C@H]4CC[C@@H]3C4)ccc2N2CCCC2)cc1. The molecule has 2 aliphatic carbocycles. The van der Waals surface area contributed by atoms with Crippen LogP contribution in [0, 0.1) is 17.8 Å². The van der Waals surface area contributed by atoms with Crippen LogP contribution in [0.3, 0.4) is 0 Å². The Balaban J connectivity index is 1.37. The van der Waals surface area contributed by atoms with Crippen LogP contribution in [-0.2, 0) is 14.8 Å². The van der Waals surface area contributed by atoms with Crippen LogP contribution in [0.1, 0.15) is 44.9 Å². The monoisotopic (exact) mass is 483 g/mol. The van der Waals surface area contributed by atoms with Crippen LogP contribution in [0.4, 0.5) is 17.1 Å². The zero-order chi connectivity index (χ0) is 23.7. The van der Waals surface area contributed by atoms with Gasteiger partial charge in [-0.15, -0.1) is 0 Å². The summed E-state index contributed by atoms with van der Waals surface area (Å²) in [6.45, 7) is 1.64. The molecule has 2 bridgehead atoms. The molecule has 3 aliphatic rings. The lowest BCUT2D eigenvalue weighted by Gasteiger charge is -2.23. The van der Waals surface area contributed by atoms with Crippen molar-refractivity contribution < 1.29 is 17.9 Å². The number of methoxy groups -OCH3 is 1. The maximum atomic E-state index is 13.5. The van der Waals surface area contributed by atoms with Gasteiger partial charge in [0.15, 0.2) is 0 Å². The second-order valence-corrected chi connectivity index (χ2v) is 11.5. The smallest absolute Gasteiger partial charge is 0.264 e. The molecule has 1 aliphatic heterocycles. The lowest BCUT2D eigenvalue weighted by molar-refractivity contribution is -0.117. The summed E-state index contributed by atoms with van der Waals surface area (Å²) in [6.07, 6.45) is 7.55. The van der Waals surface area contributed by atoms with Crippen molar-refractivity contribution >= 4 is 33.0 Å². The summed E-state index contributed by atoms with van der Waals surface area (Å²) in [5.74, 6) is 2.56. The Kier molecular flexibility index (Phi) is 6.42. The molecular formula is C26H33N3O4S. The van der Waals surface area contributed by atoms with Gasteiger partial charge in [0, 0.05) is 30.9 Å². The molecule has 3 fully saturated rings. The number of ether oxygens (including phenoxy) is 1. The maximum absolute atomic E-state index is 13.5. The Morgan fingerprint density at radius 3 is 2.41 bits per heavy atom. The number of fused-ring (bicyclic) bond motifs is 2. The largest absolute Gasteiger partial charge is 0.497 e. The fourth-order valence-electron chi connectivity index (χ4n) is 5.97. The molecule has 7 nitrogen and oxygen atoms in total. The minimum Gasteiger partial charge on any atom is -0.497 e. The Morgan fingerprint density at radius 1 is 1.03 bits per heavy atom. The molecule has 2 saturated carbocycles. The highest BCUT2D eigenvalue weighted by Crippen LogP contribution is 2.49. The Labute approximate surface area is 201 Å². The first-order valence-electron chi connectivity index (χ1n) is 12.3. The summed E-state index contributed by atoms with van der Waals surface area (Å²) in [6, 6.07) is 12.0. The molecule has 2 aromatic carbocycles. The summed E-state index contributed by atoms with van der Waals surface area (Å²) in [7, 11) is -2.30. The van der Waals surface area contributed by atoms with Crippen molar-refractivity contribution in [2.24, 2.45) is 17.8 Å². The number of anilines is 3. The third-order valence-electron chi connectivity index (χ3n) is 7.65. The molecule has 0 spiro atoms. The van der Waals surface area contributed by atoms with Crippen LogP contribution >= 0.6 is 0 Å². The summed E-state index contributed by atoms with van der Waals surface area (Å²) >= 11 is 0. The van der Waals surface area contributed by atoms with Gasteiger partial charge in [-0.1, -0.05) is 6.42 Å². The first kappa shape index (κ1) is 23.0. The van der Waals surface area contributed by atoms with Crippen molar-refractivity contribution in [3.05, 3.63) is 42.5 Å². The van der Waals surface area contributed by atoms with Gasteiger partial charge in [0.2, 0.25) is 5.91 Å². The molecule has 0 unspecified atom stereocenters. The van der Waals surface area contributed by atoms with Crippen molar-refractivity contribution in [3.8, 4) is 5.75 Å². The van der Waals surface area contributed by atoms with Gasteiger partial charge in [0.25, 0.3) is 10.0 Å². The first-order chi connectivity index (χ1) is 16.4. The molecule has 1 saturated heterocycles. The molecule has 8 heteroatoms. The van der Waals surface area contributed by atoms with Crippen molar-refractivity contribution in [1.82, 2.24) is 0 Å². The van der Waals surface area contributed by atoms with Gasteiger partial charge in [-0.05, 0) is 92.3 Å². The van der Waals surface area contributed by atoms with Gasteiger partial charge in [-0.2, -0.15) is 0 Å². The molecule has 1 heterocycles. The molecule has 3 atom stereocenters. The maximum Gasteiger partial charge on any atom is 0.264 e. The zero-order valence-electron chi connectivity index (χ0n) is 19.6. The van der Waals surface area contributed by atoms with Crippen LogP contribution in [0.15, 0.2) is 47.4 Å². The summed E-state index contributed by atoms with van der Waals surface area (Å²) < 4.78 is 34.8. The molecule has 0 radical (unpaired) electrons. The third kappa shape index (κ3) is 4.87. The van der Waals surface area contributed by atoms with E-state index in [4.69, 9.17) is 4.74 Å². The fraction of sp³-hybridized carbons (Fsp3) is 0.500. The van der Waals surface area contributed by atoms with Gasteiger partial charge in [-0.3, -0.25) is 9.52 Å². The number of hydrogen-bond acceptors (Lipinski definition) is 5. The number of amides is 1. The number of hydrogen-bond donors (Lipinski definition) is 2. The van der Waals surface area contributed by atoms with E-state index >= 15 is 0 Å². The van der Waals surface area contributed by atoms with Crippen molar-refractivity contribution in [1.29, 1.82) is 0 Å². The summed E-state index contributed by atoms with van der Waals surface area (Å²) in [5.41, 5.74) is 1.65. The van der Waals surface area contributed by atoms with Gasteiger partial charge in [0.1, 0.15) is 10.6 Å². The highest BCUT2D eigenvalue weighted by molar-refractivity contribution is 7.92. The highest BCUT2D eigenvalue weighted by Gasteiger charge is 2.40.